The summed E-state index contributed by atoms with van der Waals surface area (Å²) in [6.45, 7) is 6.38. The summed E-state index contributed by atoms with van der Waals surface area (Å²) in [4.78, 5) is 12.6. The Hall–Kier alpha value is -3.31. The van der Waals surface area contributed by atoms with Gasteiger partial charge in [-0.15, -0.1) is 0 Å². The van der Waals surface area contributed by atoms with Gasteiger partial charge in [0.15, 0.2) is 0 Å². The third-order valence-corrected chi connectivity index (χ3v) is 5.78. The average molecular weight is 490 g/mol. The predicted molar refractivity (Wildman–Crippen MR) is 134 cm³/mol. The molecule has 0 radical (unpaired) electrons. The van der Waals surface area contributed by atoms with E-state index in [1.807, 2.05) is 63.2 Å². The molecule has 4 nitrogen and oxygen atoms in total. The quantitative estimate of drug-likeness (QED) is 0.283. The maximum absolute atomic E-state index is 12.6. The van der Waals surface area contributed by atoms with Gasteiger partial charge in [0, 0.05) is 38.3 Å². The number of furan rings is 1. The zero-order valence-corrected chi connectivity index (χ0v) is 19.8. The minimum Gasteiger partial charge on any atom is -0.493 e. The molecule has 0 saturated carbocycles. The molecule has 0 aliphatic carbocycles. The number of nitrogens with one attached hydrogen (secondary N) is 1. The number of anilines is 1. The van der Waals surface area contributed by atoms with E-state index in [1.165, 1.54) is 0 Å². The fraction of sp³-hybridized carbons (Fsp3) is 0.148. The van der Waals surface area contributed by atoms with Crippen LogP contribution in [0, 0.1) is 6.92 Å². The zero-order chi connectivity index (χ0) is 22.7. The maximum atomic E-state index is 12.6. The van der Waals surface area contributed by atoms with Crippen molar-refractivity contribution in [3.63, 3.8) is 0 Å². The van der Waals surface area contributed by atoms with Crippen molar-refractivity contribution in [2.45, 2.75) is 20.8 Å². The average Bonchev–Trinajstić information content (AvgIpc) is 3.20. The first-order chi connectivity index (χ1) is 15.5. The zero-order valence-electron chi connectivity index (χ0n) is 18.2. The summed E-state index contributed by atoms with van der Waals surface area (Å²) in [5, 5.41) is 3.89. The van der Waals surface area contributed by atoms with Crippen molar-refractivity contribution in [2.75, 3.05) is 11.9 Å². The molecular formula is C27H24BrNO3. The largest absolute Gasteiger partial charge is 0.493 e. The number of halogens is 1. The summed E-state index contributed by atoms with van der Waals surface area (Å²) in [5.41, 5.74) is 6.19. The lowest BCUT2D eigenvalue weighted by molar-refractivity contribution is -0.111. The van der Waals surface area contributed by atoms with Crippen molar-refractivity contribution in [2.24, 2.45) is 0 Å². The molecule has 1 amide bonds. The standard InChI is InChI=1S/C27H24BrNO3/c1-4-31-26-18(3)27-23(24(16-32-27)19-9-8-10-20(28)14-19)15-22(26)17(2)13-25(30)29-21-11-6-5-7-12-21/h5-16H,4H2,1-3H3,(H,29,30)/b17-13+. The molecule has 32 heavy (non-hydrogen) atoms. The highest BCUT2D eigenvalue weighted by molar-refractivity contribution is 9.10. The molecule has 1 aromatic heterocycles. The number of ether oxygens (including phenoxy) is 1. The van der Waals surface area contributed by atoms with E-state index < -0.39 is 0 Å². The number of carbonyl (C=O) groups is 1. The van der Waals surface area contributed by atoms with E-state index in [-0.39, 0.29) is 5.91 Å². The van der Waals surface area contributed by atoms with E-state index in [4.69, 9.17) is 9.15 Å². The third kappa shape index (κ3) is 4.48. The van der Waals surface area contributed by atoms with Crippen LogP contribution < -0.4 is 10.1 Å². The highest BCUT2D eigenvalue weighted by Gasteiger charge is 2.19. The Kier molecular flexibility index (Phi) is 6.47. The lowest BCUT2D eigenvalue weighted by Gasteiger charge is -2.15. The number of aryl methyl sites for hydroxylation is 1. The number of rotatable bonds is 6. The number of carbonyl (C=O) groups excluding carboxylic acids is 1. The van der Waals surface area contributed by atoms with Gasteiger partial charge in [-0.2, -0.15) is 0 Å². The molecule has 3 aromatic carbocycles. The Bertz CT molecular complexity index is 1310. The van der Waals surface area contributed by atoms with Crippen LogP contribution in [-0.2, 0) is 4.79 Å². The van der Waals surface area contributed by atoms with E-state index in [9.17, 15) is 4.79 Å². The van der Waals surface area contributed by atoms with Gasteiger partial charge in [0.1, 0.15) is 11.3 Å². The first kappa shape index (κ1) is 21.9. The molecule has 5 heteroatoms. The summed E-state index contributed by atoms with van der Waals surface area (Å²) in [5.74, 6) is 0.546. The van der Waals surface area contributed by atoms with Crippen molar-refractivity contribution in [3.8, 4) is 16.9 Å². The van der Waals surface area contributed by atoms with Crippen LogP contribution in [0.5, 0.6) is 5.75 Å². The predicted octanol–water partition coefficient (Wildman–Crippen LogP) is 7.61. The van der Waals surface area contributed by atoms with Gasteiger partial charge in [-0.05, 0) is 62.2 Å². The Balaban J connectivity index is 1.80. The Labute approximate surface area is 196 Å². The van der Waals surface area contributed by atoms with Crippen LogP contribution in [0.25, 0.3) is 27.7 Å². The minimum atomic E-state index is -0.187. The normalized spacial score (nSPS) is 11.6. The third-order valence-electron chi connectivity index (χ3n) is 5.28. The van der Waals surface area contributed by atoms with E-state index in [0.717, 1.165) is 54.7 Å². The van der Waals surface area contributed by atoms with Crippen LogP contribution in [0.15, 0.2) is 81.9 Å². The molecule has 0 unspecified atom stereocenters. The fourth-order valence-electron chi connectivity index (χ4n) is 3.79. The van der Waals surface area contributed by atoms with Crippen molar-refractivity contribution < 1.29 is 13.9 Å². The Morgan fingerprint density at radius 3 is 2.62 bits per heavy atom. The van der Waals surface area contributed by atoms with Crippen molar-refractivity contribution in [1.82, 2.24) is 0 Å². The highest BCUT2D eigenvalue weighted by atomic mass is 79.9. The first-order valence-corrected chi connectivity index (χ1v) is 11.3. The summed E-state index contributed by atoms with van der Waals surface area (Å²) in [6, 6.07) is 19.6. The summed E-state index contributed by atoms with van der Waals surface area (Å²) >= 11 is 3.55. The number of hydrogen-bond donors (Lipinski definition) is 1. The lowest BCUT2D eigenvalue weighted by atomic mass is 9.96. The van der Waals surface area contributed by atoms with Crippen LogP contribution in [-0.4, -0.2) is 12.5 Å². The van der Waals surface area contributed by atoms with Gasteiger partial charge in [-0.1, -0.05) is 46.3 Å². The molecule has 4 rings (SSSR count). The lowest BCUT2D eigenvalue weighted by Crippen LogP contribution is -2.08. The summed E-state index contributed by atoms with van der Waals surface area (Å²) < 4.78 is 13.0. The molecule has 0 saturated heterocycles. The summed E-state index contributed by atoms with van der Waals surface area (Å²) in [7, 11) is 0. The van der Waals surface area contributed by atoms with Crippen molar-refractivity contribution >= 4 is 44.1 Å². The maximum Gasteiger partial charge on any atom is 0.248 e. The van der Waals surface area contributed by atoms with Gasteiger partial charge in [0.05, 0.1) is 12.9 Å². The van der Waals surface area contributed by atoms with Gasteiger partial charge < -0.3 is 14.5 Å². The number of allylic oxidation sites excluding steroid dienone is 1. The van der Waals surface area contributed by atoms with Gasteiger partial charge in [0.25, 0.3) is 0 Å². The van der Waals surface area contributed by atoms with Gasteiger partial charge in [-0.3, -0.25) is 4.79 Å². The topological polar surface area (TPSA) is 51.5 Å². The van der Waals surface area contributed by atoms with Crippen molar-refractivity contribution in [3.05, 3.63) is 88.6 Å². The molecule has 0 bridgehead atoms. The number of para-hydroxylation sites is 1. The Morgan fingerprint density at radius 1 is 1.12 bits per heavy atom. The number of hydrogen-bond acceptors (Lipinski definition) is 3. The molecule has 0 fully saturated rings. The molecule has 0 aliphatic rings. The van der Waals surface area contributed by atoms with Gasteiger partial charge in [0.2, 0.25) is 5.91 Å². The fourth-order valence-corrected chi connectivity index (χ4v) is 4.19. The highest BCUT2D eigenvalue weighted by Crippen LogP contribution is 2.41. The SMILES string of the molecule is CCOc1c(/C(C)=C/C(=O)Nc2ccccc2)cc2c(-c3cccc(Br)c3)coc2c1C. The van der Waals surface area contributed by atoms with Crippen LogP contribution in [0.2, 0.25) is 0 Å². The molecule has 1 N–H and O–H groups in total. The molecule has 0 spiro atoms. The number of fused-ring (bicyclic) bond motifs is 1. The monoisotopic (exact) mass is 489 g/mol. The van der Waals surface area contributed by atoms with E-state index in [0.29, 0.717) is 6.61 Å². The number of amides is 1. The second-order valence-corrected chi connectivity index (χ2v) is 8.45. The van der Waals surface area contributed by atoms with E-state index in [2.05, 4.69) is 39.4 Å². The summed E-state index contributed by atoms with van der Waals surface area (Å²) in [6.07, 6.45) is 3.38. The van der Waals surface area contributed by atoms with E-state index >= 15 is 0 Å². The molecule has 0 atom stereocenters. The molecule has 4 aromatic rings. The van der Waals surface area contributed by atoms with Gasteiger partial charge in [-0.25, -0.2) is 0 Å². The molecule has 162 valence electrons. The van der Waals surface area contributed by atoms with Crippen LogP contribution in [0.1, 0.15) is 25.0 Å². The van der Waals surface area contributed by atoms with Crippen molar-refractivity contribution in [1.29, 1.82) is 0 Å². The molecule has 1 heterocycles. The molecular weight excluding hydrogens is 466 g/mol. The minimum absolute atomic E-state index is 0.187. The second kappa shape index (κ2) is 9.45. The molecule has 0 aliphatic heterocycles. The van der Waals surface area contributed by atoms with Crippen LogP contribution in [0.3, 0.4) is 0 Å². The van der Waals surface area contributed by atoms with Gasteiger partial charge >= 0.3 is 0 Å². The van der Waals surface area contributed by atoms with Crippen LogP contribution >= 0.6 is 15.9 Å². The second-order valence-electron chi connectivity index (χ2n) is 7.53. The smallest absolute Gasteiger partial charge is 0.248 e. The first-order valence-electron chi connectivity index (χ1n) is 10.5. The number of benzene rings is 3. The van der Waals surface area contributed by atoms with E-state index in [1.54, 1.807) is 12.3 Å². The Morgan fingerprint density at radius 2 is 1.91 bits per heavy atom. The van der Waals surface area contributed by atoms with Crippen LogP contribution in [0.4, 0.5) is 5.69 Å².